The lowest BCUT2D eigenvalue weighted by atomic mass is 9.82. The minimum Gasteiger partial charge on any atom is -0.481 e. The molecule has 0 radical (unpaired) electrons. The van der Waals surface area contributed by atoms with E-state index >= 15 is 0 Å². The predicted molar refractivity (Wildman–Crippen MR) is 157 cm³/mol. The van der Waals surface area contributed by atoms with Crippen LogP contribution < -0.4 is 0 Å². The van der Waals surface area contributed by atoms with Crippen molar-refractivity contribution in [3.05, 3.63) is 52.6 Å². The van der Waals surface area contributed by atoms with Gasteiger partial charge in [-0.2, -0.15) is 5.10 Å². The van der Waals surface area contributed by atoms with Crippen molar-refractivity contribution in [3.8, 4) is 0 Å². The van der Waals surface area contributed by atoms with Crippen molar-refractivity contribution in [3.63, 3.8) is 0 Å². The Kier molecular flexibility index (Phi) is 7.25. The van der Waals surface area contributed by atoms with Crippen LogP contribution in [0.4, 0.5) is 4.39 Å². The largest absolute Gasteiger partial charge is 0.481 e. The van der Waals surface area contributed by atoms with Gasteiger partial charge in [0.2, 0.25) is 0 Å². The molecule has 6 nitrogen and oxygen atoms in total. The molecule has 1 aromatic heterocycles. The number of rotatable bonds is 10. The van der Waals surface area contributed by atoms with E-state index in [4.69, 9.17) is 5.10 Å². The molecule has 5 fully saturated rings. The van der Waals surface area contributed by atoms with Crippen molar-refractivity contribution in [2.75, 3.05) is 39.3 Å². The van der Waals surface area contributed by atoms with E-state index in [0.717, 1.165) is 82.9 Å². The molecule has 0 spiro atoms. The molecular formula is C34H47FN4O2. The van der Waals surface area contributed by atoms with Gasteiger partial charge in [0.15, 0.2) is 0 Å². The maximum atomic E-state index is 14.3. The molecule has 3 heterocycles. The van der Waals surface area contributed by atoms with E-state index in [-0.39, 0.29) is 11.7 Å². The molecule has 1 N–H and O–H groups in total. The summed E-state index contributed by atoms with van der Waals surface area (Å²) in [5.74, 6) is 2.49. The zero-order valence-electron chi connectivity index (χ0n) is 24.9. The Morgan fingerprint density at radius 1 is 1.07 bits per heavy atom. The minimum atomic E-state index is -0.611. The lowest BCUT2D eigenvalue weighted by Crippen LogP contribution is -2.42. The number of halogens is 1. The van der Waals surface area contributed by atoms with Gasteiger partial charge in [-0.3, -0.25) is 9.48 Å². The number of fused-ring (bicyclic) bond motifs is 1. The minimum absolute atomic E-state index is 0.178. The van der Waals surface area contributed by atoms with E-state index < -0.39 is 11.4 Å². The second kappa shape index (κ2) is 10.8. The fourth-order valence-electron chi connectivity index (χ4n) is 8.96. The van der Waals surface area contributed by atoms with E-state index in [0.29, 0.717) is 30.2 Å². The van der Waals surface area contributed by atoms with Crippen molar-refractivity contribution in [2.24, 2.45) is 29.1 Å². The number of carboxylic acid groups (broad SMARTS) is 1. The summed E-state index contributed by atoms with van der Waals surface area (Å²) in [5, 5.41) is 15.3. The maximum absolute atomic E-state index is 14.3. The molecule has 2 unspecified atom stereocenters. The zero-order chi connectivity index (χ0) is 28.3. The number of hydrogen-bond donors (Lipinski definition) is 1. The van der Waals surface area contributed by atoms with Crippen LogP contribution in [0.2, 0.25) is 0 Å². The highest BCUT2D eigenvalue weighted by Crippen LogP contribution is 2.60. The van der Waals surface area contributed by atoms with Gasteiger partial charge in [0.05, 0.1) is 11.1 Å². The average Bonchev–Trinajstić information content (AvgIpc) is 3.81. The summed E-state index contributed by atoms with van der Waals surface area (Å²) in [6.45, 7) is 11.1. The summed E-state index contributed by atoms with van der Waals surface area (Å²) in [5.41, 5.74) is 4.69. The number of aromatic nitrogens is 2. The Morgan fingerprint density at radius 2 is 1.83 bits per heavy atom. The third kappa shape index (κ3) is 5.49. The first kappa shape index (κ1) is 27.6. The van der Waals surface area contributed by atoms with Crippen molar-refractivity contribution < 1.29 is 14.3 Å². The highest BCUT2D eigenvalue weighted by molar-refractivity contribution is 5.76. The summed E-state index contributed by atoms with van der Waals surface area (Å²) in [7, 11) is 0. The lowest BCUT2D eigenvalue weighted by molar-refractivity contribution is -0.150. The second-order valence-corrected chi connectivity index (χ2v) is 14.4. The molecule has 5 aliphatic rings. The van der Waals surface area contributed by atoms with Crippen LogP contribution in [0.15, 0.2) is 24.3 Å². The van der Waals surface area contributed by atoms with Crippen LogP contribution in [0.1, 0.15) is 86.2 Å². The number of aliphatic carboxylic acids is 1. The molecular weight excluding hydrogens is 515 g/mol. The Bertz CT molecular complexity index is 1270. The monoisotopic (exact) mass is 562 g/mol. The van der Waals surface area contributed by atoms with E-state index in [1.54, 1.807) is 6.07 Å². The number of carbonyl (C=O) groups is 1. The van der Waals surface area contributed by atoms with Gasteiger partial charge in [-0.05, 0) is 124 Å². The number of piperidine rings is 1. The van der Waals surface area contributed by atoms with Crippen LogP contribution in [0.25, 0.3) is 0 Å². The number of likely N-dealkylation sites (tertiary alicyclic amines) is 2. The first-order valence-corrected chi connectivity index (χ1v) is 16.3. The summed E-state index contributed by atoms with van der Waals surface area (Å²) in [4.78, 5) is 17.5. The molecule has 2 aromatic rings. The maximum Gasteiger partial charge on any atom is 0.310 e. The Hall–Kier alpha value is -2.25. The average molecular weight is 563 g/mol. The van der Waals surface area contributed by atoms with Gasteiger partial charge >= 0.3 is 5.97 Å². The number of hydrogen-bond acceptors (Lipinski definition) is 4. The van der Waals surface area contributed by atoms with Crippen molar-refractivity contribution >= 4 is 5.97 Å². The molecule has 222 valence electrons. The molecule has 41 heavy (non-hydrogen) atoms. The highest BCUT2D eigenvalue weighted by atomic mass is 19.1. The normalized spacial score (nSPS) is 32.5. The highest BCUT2D eigenvalue weighted by Gasteiger charge is 2.58. The van der Waals surface area contributed by atoms with Crippen molar-refractivity contribution in [1.29, 1.82) is 0 Å². The van der Waals surface area contributed by atoms with Crippen LogP contribution in [0, 0.1) is 41.8 Å². The Labute approximate surface area is 244 Å². The number of carboxylic acids is 1. The van der Waals surface area contributed by atoms with Gasteiger partial charge in [0.1, 0.15) is 5.82 Å². The van der Waals surface area contributed by atoms with Crippen molar-refractivity contribution in [2.45, 2.75) is 83.6 Å². The quantitative estimate of drug-likeness (QED) is 0.403. The first-order valence-electron chi connectivity index (χ1n) is 16.3. The summed E-state index contributed by atoms with van der Waals surface area (Å²) >= 11 is 0. The van der Waals surface area contributed by atoms with E-state index in [1.807, 2.05) is 6.07 Å². The molecule has 1 aromatic carbocycles. The smallest absolute Gasteiger partial charge is 0.310 e. The van der Waals surface area contributed by atoms with Crippen LogP contribution in [0.3, 0.4) is 0 Å². The fourth-order valence-corrected chi connectivity index (χ4v) is 8.96. The molecule has 3 aliphatic carbocycles. The van der Waals surface area contributed by atoms with Crippen LogP contribution in [0.5, 0.6) is 0 Å². The zero-order valence-corrected chi connectivity index (χ0v) is 24.9. The SMILES string of the molecule is CCc1nn(CC2CC2)c(C)c1C1CCN(C[C@H]2CN(CC3(C(=O)O)CC4CC4C3)C[C@@H]2c2cccc(F)c2)CC1. The van der Waals surface area contributed by atoms with Gasteiger partial charge in [0.25, 0.3) is 0 Å². The third-order valence-corrected chi connectivity index (χ3v) is 11.4. The van der Waals surface area contributed by atoms with Gasteiger partial charge in [-0.1, -0.05) is 19.1 Å². The van der Waals surface area contributed by atoms with Crippen molar-refractivity contribution in [1.82, 2.24) is 19.6 Å². The fraction of sp³-hybridized carbons (Fsp3) is 0.706. The van der Waals surface area contributed by atoms with E-state index in [9.17, 15) is 14.3 Å². The molecule has 2 aliphatic heterocycles. The van der Waals surface area contributed by atoms with Gasteiger partial charge in [-0.25, -0.2) is 4.39 Å². The van der Waals surface area contributed by atoms with Gasteiger partial charge < -0.3 is 14.9 Å². The number of aryl methyl sites for hydroxylation is 1. The topological polar surface area (TPSA) is 61.6 Å². The molecule has 4 atom stereocenters. The Morgan fingerprint density at radius 3 is 2.49 bits per heavy atom. The first-order chi connectivity index (χ1) is 19.8. The standard InChI is InChI=1S/C34H47FN4O2/c1-3-31-32(22(2)39(36-31)17-23-7-8-23)24-9-11-37(12-10-24)18-28-19-38(20-30(28)25-5-4-6-29(35)14-25)21-34(33(40)41)15-26-13-27(26)16-34/h4-6,14,23-24,26-28,30H,3,7-13,15-21H2,1-2H3,(H,40,41)/t26?,27?,28-,30+,34?/m0/s1. The molecule has 7 rings (SSSR count). The molecule has 7 heteroatoms. The van der Waals surface area contributed by atoms with Crippen LogP contribution in [-0.2, 0) is 17.8 Å². The summed E-state index contributed by atoms with van der Waals surface area (Å²) in [6.07, 6.45) is 8.92. The van der Waals surface area contributed by atoms with Gasteiger partial charge in [-0.15, -0.1) is 0 Å². The molecule has 0 amide bonds. The molecule has 0 bridgehead atoms. The van der Waals surface area contributed by atoms with E-state index in [2.05, 4.69) is 34.4 Å². The molecule has 3 saturated carbocycles. The summed E-state index contributed by atoms with van der Waals surface area (Å²) < 4.78 is 16.6. The second-order valence-electron chi connectivity index (χ2n) is 14.4. The number of benzene rings is 1. The summed E-state index contributed by atoms with van der Waals surface area (Å²) in [6, 6.07) is 7.14. The van der Waals surface area contributed by atoms with Gasteiger partial charge in [0, 0.05) is 44.3 Å². The molecule has 2 saturated heterocycles. The third-order valence-electron chi connectivity index (χ3n) is 11.4. The number of nitrogens with zero attached hydrogens (tertiary/aromatic N) is 4. The predicted octanol–water partition coefficient (Wildman–Crippen LogP) is 5.70. The lowest BCUT2D eigenvalue weighted by Gasteiger charge is -2.35. The van der Waals surface area contributed by atoms with E-state index in [1.165, 1.54) is 42.3 Å². The van der Waals surface area contributed by atoms with Crippen LogP contribution >= 0.6 is 0 Å². The Balaban J connectivity index is 1.03. The van der Waals surface area contributed by atoms with Crippen LogP contribution in [-0.4, -0.2) is 69.9 Å².